The second-order valence-electron chi connectivity index (χ2n) is 16.6. The third-order valence-corrected chi connectivity index (χ3v) is 12.4. The smallest absolute Gasteiger partial charge is 0.251 e. The van der Waals surface area contributed by atoms with Crippen LogP contribution < -0.4 is 10.2 Å². The van der Waals surface area contributed by atoms with Gasteiger partial charge in [-0.3, -0.25) is 19.5 Å². The predicted octanol–water partition coefficient (Wildman–Crippen LogP) is 6.22. The number of carbonyl (C=O) groups excluding carboxylic acids is 2. The summed E-state index contributed by atoms with van der Waals surface area (Å²) < 4.78 is 22.4. The first kappa shape index (κ1) is 33.4. The van der Waals surface area contributed by atoms with Crippen LogP contribution in [-0.2, 0) is 19.7 Å². The monoisotopic (exact) mass is 706 g/mol. The number of rotatable bonds is 7. The van der Waals surface area contributed by atoms with Crippen LogP contribution in [0.2, 0.25) is 0 Å². The lowest BCUT2D eigenvalue weighted by Crippen LogP contribution is -2.58. The van der Waals surface area contributed by atoms with Gasteiger partial charge in [-0.25, -0.2) is 14.4 Å². The van der Waals surface area contributed by atoms with Crippen molar-refractivity contribution in [1.29, 1.82) is 0 Å². The molecule has 11 nitrogen and oxygen atoms in total. The number of hydrogen-bond donors (Lipinski definition) is 1. The minimum absolute atomic E-state index is 0.0479. The first-order chi connectivity index (χ1) is 25.0. The number of carbonyl (C=O) groups is 2. The third-order valence-electron chi connectivity index (χ3n) is 12.4. The van der Waals surface area contributed by atoms with Crippen molar-refractivity contribution in [3.63, 3.8) is 0 Å². The first-order valence-corrected chi connectivity index (χ1v) is 18.9. The van der Waals surface area contributed by atoms with E-state index in [9.17, 15) is 14.0 Å². The Balaban J connectivity index is 1.08. The van der Waals surface area contributed by atoms with Crippen LogP contribution in [0.25, 0.3) is 22.3 Å². The quantitative estimate of drug-likeness (QED) is 0.242. The minimum Gasteiger partial charge on any atom is -0.368 e. The molecule has 0 bridgehead atoms. The van der Waals surface area contributed by atoms with Gasteiger partial charge in [-0.15, -0.1) is 0 Å². The Kier molecular flexibility index (Phi) is 7.93. The van der Waals surface area contributed by atoms with Gasteiger partial charge < -0.3 is 24.4 Å². The van der Waals surface area contributed by atoms with Gasteiger partial charge in [0.15, 0.2) is 11.6 Å². The number of imidazole rings is 1. The maximum Gasteiger partial charge on any atom is 0.251 e. The standard InChI is InChI=1S/C40H47FN8O3/c1-24(2)48-23-43-32-20-31(45-36(35(32)48)44-30-7-12-42-21-29(30)41)25-5-6-28-33(17-25)49(27-18-26(19-27)47-13-9-39(3,4)22-47)38(51)40(28)10-14-46(15-11-40)37(50)34-8-16-52-34/h5-7,12,17,20-21,23-24,26-27,34H,8-11,13-16,18-19,22H2,1-4H3,(H,42,44,45)/t26?,27?,34-/m1/s1. The van der Waals surface area contributed by atoms with Gasteiger partial charge in [0.2, 0.25) is 5.91 Å². The second kappa shape index (κ2) is 12.3. The van der Waals surface area contributed by atoms with Crippen LogP contribution in [0.5, 0.6) is 0 Å². The van der Waals surface area contributed by atoms with Crippen LogP contribution in [0, 0.1) is 11.2 Å². The number of fused-ring (bicyclic) bond motifs is 3. The molecule has 5 aliphatic rings. The molecule has 12 heteroatoms. The Labute approximate surface area is 303 Å². The van der Waals surface area contributed by atoms with E-state index in [0.29, 0.717) is 55.5 Å². The van der Waals surface area contributed by atoms with Gasteiger partial charge in [0.25, 0.3) is 5.91 Å². The van der Waals surface area contributed by atoms with E-state index in [0.717, 1.165) is 60.2 Å². The van der Waals surface area contributed by atoms with E-state index in [2.05, 4.69) is 66.0 Å². The van der Waals surface area contributed by atoms with E-state index in [1.807, 2.05) is 15.5 Å². The Morgan fingerprint density at radius 3 is 2.52 bits per heavy atom. The van der Waals surface area contributed by atoms with Gasteiger partial charge in [-0.1, -0.05) is 26.0 Å². The van der Waals surface area contributed by atoms with Crippen LogP contribution in [0.15, 0.2) is 49.1 Å². The summed E-state index contributed by atoms with van der Waals surface area (Å²) >= 11 is 0. The van der Waals surface area contributed by atoms with E-state index >= 15 is 0 Å². The largest absolute Gasteiger partial charge is 0.368 e. The molecular formula is C40H47FN8O3. The molecule has 9 rings (SSSR count). The summed E-state index contributed by atoms with van der Waals surface area (Å²) in [6, 6.07) is 10.6. The average Bonchev–Trinajstić information content (AvgIpc) is 3.74. The Morgan fingerprint density at radius 2 is 1.85 bits per heavy atom. The lowest BCUT2D eigenvalue weighted by molar-refractivity contribution is -0.158. The van der Waals surface area contributed by atoms with Gasteiger partial charge in [0.1, 0.15) is 11.6 Å². The number of pyridine rings is 2. The number of nitrogens with zero attached hydrogens (tertiary/aromatic N) is 7. The number of nitrogens with one attached hydrogen (secondary N) is 1. The van der Waals surface area contributed by atoms with Crippen molar-refractivity contribution >= 4 is 40.0 Å². The molecule has 0 radical (unpaired) electrons. The average molecular weight is 707 g/mol. The predicted molar refractivity (Wildman–Crippen MR) is 197 cm³/mol. The molecule has 3 saturated heterocycles. The van der Waals surface area contributed by atoms with Gasteiger partial charge in [0.05, 0.1) is 41.4 Å². The Morgan fingerprint density at radius 1 is 1.06 bits per heavy atom. The lowest BCUT2D eigenvalue weighted by atomic mass is 9.73. The molecule has 272 valence electrons. The van der Waals surface area contributed by atoms with Crippen molar-refractivity contribution in [2.24, 2.45) is 5.41 Å². The first-order valence-electron chi connectivity index (χ1n) is 18.9. The van der Waals surface area contributed by atoms with E-state index in [1.165, 1.54) is 12.6 Å². The number of hydrogen-bond acceptors (Lipinski definition) is 8. The van der Waals surface area contributed by atoms with Gasteiger partial charge >= 0.3 is 0 Å². The van der Waals surface area contributed by atoms with Gasteiger partial charge in [0, 0.05) is 61.6 Å². The Bertz CT molecular complexity index is 2060. The highest BCUT2D eigenvalue weighted by Crippen LogP contribution is 2.52. The zero-order chi connectivity index (χ0) is 35.9. The number of anilines is 3. The molecule has 2 amide bonds. The van der Waals surface area contributed by atoms with Crippen molar-refractivity contribution in [3.05, 3.63) is 60.4 Å². The summed E-state index contributed by atoms with van der Waals surface area (Å²) in [5.74, 6) is 0.231. The fraction of sp³-hybridized carbons (Fsp3) is 0.525. The maximum absolute atomic E-state index is 14.9. The van der Waals surface area contributed by atoms with Crippen LogP contribution in [0.1, 0.15) is 77.8 Å². The molecule has 4 fully saturated rings. The number of ether oxygens (including phenoxy) is 1. The van der Waals surface area contributed by atoms with Crippen molar-refractivity contribution < 1.29 is 18.7 Å². The molecule has 1 atom stereocenters. The minimum atomic E-state index is -0.676. The summed E-state index contributed by atoms with van der Waals surface area (Å²) in [4.78, 5) is 48.3. The summed E-state index contributed by atoms with van der Waals surface area (Å²) in [6.45, 7) is 12.7. The van der Waals surface area contributed by atoms with Crippen LogP contribution in [-0.4, -0.2) is 92.1 Å². The fourth-order valence-electron chi connectivity index (χ4n) is 9.16. The molecule has 1 spiro atoms. The molecule has 1 aliphatic carbocycles. The number of aromatic nitrogens is 4. The third kappa shape index (κ3) is 5.39. The van der Waals surface area contributed by atoms with Crippen LogP contribution >= 0.6 is 0 Å². The Hall–Kier alpha value is -4.42. The maximum atomic E-state index is 14.9. The molecular weight excluding hydrogens is 659 g/mol. The van der Waals surface area contributed by atoms with E-state index in [1.54, 1.807) is 18.6 Å². The van der Waals surface area contributed by atoms with Crippen LogP contribution in [0.4, 0.5) is 21.6 Å². The van der Waals surface area contributed by atoms with E-state index in [-0.39, 0.29) is 35.7 Å². The molecule has 7 heterocycles. The molecule has 4 aliphatic heterocycles. The summed E-state index contributed by atoms with van der Waals surface area (Å²) in [5.41, 5.74) is 4.98. The van der Waals surface area contributed by atoms with Gasteiger partial charge in [-0.2, -0.15) is 0 Å². The van der Waals surface area contributed by atoms with Crippen molar-refractivity contribution in [3.8, 4) is 11.3 Å². The molecule has 0 unspecified atom stereocenters. The number of likely N-dealkylation sites (tertiary alicyclic amines) is 2. The molecule has 52 heavy (non-hydrogen) atoms. The zero-order valence-electron chi connectivity index (χ0n) is 30.4. The van der Waals surface area contributed by atoms with Crippen molar-refractivity contribution in [2.45, 2.75) is 95.9 Å². The van der Waals surface area contributed by atoms with Gasteiger partial charge in [-0.05, 0) is 81.7 Å². The topological polar surface area (TPSA) is 109 Å². The molecule has 1 N–H and O–H groups in total. The highest BCUT2D eigenvalue weighted by atomic mass is 19.1. The number of benzene rings is 1. The lowest BCUT2D eigenvalue weighted by Gasteiger charge is -2.47. The summed E-state index contributed by atoms with van der Waals surface area (Å²) in [6.07, 6.45) is 9.23. The highest BCUT2D eigenvalue weighted by Gasteiger charge is 2.56. The van der Waals surface area contributed by atoms with Crippen LogP contribution in [0.3, 0.4) is 0 Å². The fourth-order valence-corrected chi connectivity index (χ4v) is 9.16. The normalized spacial score (nSPS) is 25.1. The van der Waals surface area contributed by atoms with E-state index < -0.39 is 11.2 Å². The number of piperidine rings is 1. The zero-order valence-corrected chi connectivity index (χ0v) is 30.4. The summed E-state index contributed by atoms with van der Waals surface area (Å²) in [5, 5.41) is 3.23. The second-order valence-corrected chi connectivity index (χ2v) is 16.6. The number of amides is 2. The SMILES string of the molecule is CC(C)n1cnc2cc(-c3ccc4c(c3)N(C3CC(N5CCC(C)(C)C5)C3)C(=O)C43CCN(C(=O)[C@H]4CCO4)CC3)nc(Nc3ccncc3F)c21. The van der Waals surface area contributed by atoms with Crippen molar-refractivity contribution in [1.82, 2.24) is 29.3 Å². The van der Waals surface area contributed by atoms with Crippen molar-refractivity contribution in [2.75, 3.05) is 43.0 Å². The highest BCUT2D eigenvalue weighted by molar-refractivity contribution is 6.09. The molecule has 1 aromatic carbocycles. The molecule has 4 aromatic rings. The summed E-state index contributed by atoms with van der Waals surface area (Å²) in [7, 11) is 0. The van der Waals surface area contributed by atoms with E-state index in [4.69, 9.17) is 14.7 Å². The molecule has 3 aromatic heterocycles. The number of halogens is 1. The molecule has 1 saturated carbocycles.